The summed E-state index contributed by atoms with van der Waals surface area (Å²) in [5.41, 5.74) is 8.56. The van der Waals surface area contributed by atoms with Crippen LogP contribution in [0.15, 0.2) is 146 Å². The van der Waals surface area contributed by atoms with Crippen LogP contribution in [0.3, 0.4) is 0 Å². The zero-order valence-corrected chi connectivity index (χ0v) is 37.8. The molecular weight excluding hydrogens is 815 g/mol. The Bertz CT molecular complexity index is 2280. The molecule has 2 radical (unpaired) electrons. The first-order valence-corrected chi connectivity index (χ1v) is 28.9. The van der Waals surface area contributed by atoms with Crippen molar-refractivity contribution in [1.82, 2.24) is 0 Å². The van der Waals surface area contributed by atoms with Crippen molar-refractivity contribution in [2.24, 2.45) is 0 Å². The van der Waals surface area contributed by atoms with Gasteiger partial charge in [0.05, 0.1) is 0 Å². The molecular formula is C52H52Cl2SiZr. The minimum absolute atomic E-state index is 0.765. The second kappa shape index (κ2) is 20.4. The summed E-state index contributed by atoms with van der Waals surface area (Å²) in [7, 11) is 11.0. The molecule has 2 fully saturated rings. The SMILES string of the molecule is C[Si]C.[Cl][Zr+2][Cl].c1ccc2c(-c3cccc4[cH-]c(C5CCCCC5)cc34)cccc2c1.c1ccc2c(-c3cccc4[cH-]c(C5CCCCC5)cc34)cccc2c1. The Labute approximate surface area is 355 Å². The molecule has 0 bridgehead atoms. The summed E-state index contributed by atoms with van der Waals surface area (Å²) in [5, 5.41) is 10.9. The molecule has 8 aromatic carbocycles. The first-order valence-electron chi connectivity index (χ1n) is 20.5. The van der Waals surface area contributed by atoms with Crippen molar-refractivity contribution in [1.29, 1.82) is 0 Å². The molecule has 0 atom stereocenters. The largest absolute Gasteiger partial charge is 0.164 e. The Morgan fingerprint density at radius 2 is 0.768 bits per heavy atom. The predicted octanol–water partition coefficient (Wildman–Crippen LogP) is 17.0. The number of fused-ring (bicyclic) bond motifs is 4. The number of benzene rings is 6. The van der Waals surface area contributed by atoms with Crippen molar-refractivity contribution in [3.8, 4) is 22.3 Å². The Kier molecular flexibility index (Phi) is 14.9. The number of hydrogen-bond acceptors (Lipinski definition) is 0. The maximum absolute atomic E-state index is 4.93. The molecule has 4 heteroatoms. The van der Waals surface area contributed by atoms with Gasteiger partial charge in [-0.2, -0.15) is 12.1 Å². The number of halogens is 2. The smallest absolute Gasteiger partial charge is 0.0114 e. The molecule has 0 aliphatic heterocycles. The van der Waals surface area contributed by atoms with Gasteiger partial charge >= 0.3 is 37.9 Å². The van der Waals surface area contributed by atoms with E-state index >= 15 is 0 Å². The van der Waals surface area contributed by atoms with Crippen molar-refractivity contribution < 1.29 is 20.8 Å². The van der Waals surface area contributed by atoms with E-state index < -0.39 is 20.8 Å². The van der Waals surface area contributed by atoms with Gasteiger partial charge in [0.1, 0.15) is 0 Å². The molecule has 2 saturated carbocycles. The van der Waals surface area contributed by atoms with Gasteiger partial charge in [-0.25, -0.2) is 0 Å². The Balaban J connectivity index is 0.000000151. The van der Waals surface area contributed by atoms with Crippen molar-refractivity contribution in [2.75, 3.05) is 0 Å². The molecule has 8 aromatic rings. The van der Waals surface area contributed by atoms with Crippen LogP contribution in [0.2, 0.25) is 13.1 Å². The normalized spacial score (nSPS) is 14.6. The minimum atomic E-state index is -0.826. The van der Waals surface area contributed by atoms with Crippen molar-refractivity contribution in [3.63, 3.8) is 0 Å². The summed E-state index contributed by atoms with van der Waals surface area (Å²) >= 11 is -0.826. The fourth-order valence-corrected chi connectivity index (χ4v) is 9.25. The average molecular weight is 867 g/mol. The van der Waals surface area contributed by atoms with Gasteiger partial charge in [-0.15, -0.1) is 69.1 Å². The third kappa shape index (κ3) is 9.54. The maximum Gasteiger partial charge on any atom is -0.0114 e. The van der Waals surface area contributed by atoms with Gasteiger partial charge in [0.15, 0.2) is 0 Å². The van der Waals surface area contributed by atoms with E-state index in [0.29, 0.717) is 0 Å². The zero-order valence-electron chi connectivity index (χ0n) is 32.8. The van der Waals surface area contributed by atoms with Gasteiger partial charge in [0, 0.05) is 9.52 Å². The maximum atomic E-state index is 4.93. The quantitative estimate of drug-likeness (QED) is 0.122. The van der Waals surface area contributed by atoms with Gasteiger partial charge < -0.3 is 0 Å². The fraction of sp³-hybridized carbons (Fsp3) is 0.269. The fourth-order valence-electron chi connectivity index (χ4n) is 9.25. The van der Waals surface area contributed by atoms with Crippen LogP contribution in [0, 0.1) is 0 Å². The molecule has 0 N–H and O–H groups in total. The molecule has 0 heterocycles. The van der Waals surface area contributed by atoms with Gasteiger partial charge in [0.25, 0.3) is 0 Å². The second-order valence-electron chi connectivity index (χ2n) is 15.5. The molecule has 56 heavy (non-hydrogen) atoms. The van der Waals surface area contributed by atoms with Crippen LogP contribution in [0.25, 0.3) is 65.3 Å². The molecule has 0 nitrogen and oxygen atoms in total. The monoisotopic (exact) mass is 864 g/mol. The number of rotatable bonds is 4. The van der Waals surface area contributed by atoms with Crippen molar-refractivity contribution >= 4 is 69.6 Å². The number of hydrogen-bond donors (Lipinski definition) is 0. The summed E-state index contributed by atoms with van der Waals surface area (Å²) in [6.45, 7) is 4.31. The zero-order chi connectivity index (χ0) is 38.7. The standard InChI is InChI=1S/2C25H23.C2H6Si.2ClH.Zr/c2*1-2-8-18(9-3-1)21-16-20-12-7-15-24(25(20)17-21)23-14-6-11-19-10-4-5-13-22(19)23;1-3-2;;;/h2*4-7,10-18H,1-3,8-9H2;1-2H3;2*1H;/q2*-1;;;;+4/p-2. The van der Waals surface area contributed by atoms with Crippen molar-refractivity contribution in [3.05, 3.63) is 157 Å². The summed E-state index contributed by atoms with van der Waals surface area (Å²) < 4.78 is 0. The molecule has 2 aliphatic carbocycles. The van der Waals surface area contributed by atoms with Crippen LogP contribution < -0.4 is 0 Å². The van der Waals surface area contributed by atoms with Crippen LogP contribution in [0.5, 0.6) is 0 Å². The van der Waals surface area contributed by atoms with Crippen LogP contribution in [0.4, 0.5) is 0 Å². The Morgan fingerprint density at radius 1 is 0.446 bits per heavy atom. The second-order valence-corrected chi connectivity index (χ2v) is 20.2. The summed E-state index contributed by atoms with van der Waals surface area (Å²) in [4.78, 5) is 0. The predicted molar refractivity (Wildman–Crippen MR) is 246 cm³/mol. The molecule has 0 amide bonds. The van der Waals surface area contributed by atoms with Gasteiger partial charge in [0.2, 0.25) is 0 Å². The molecule has 0 spiro atoms. The Morgan fingerprint density at radius 3 is 1.16 bits per heavy atom. The Hall–Kier alpha value is -3.26. The van der Waals surface area contributed by atoms with Gasteiger partial charge in [-0.1, -0.05) is 160 Å². The molecule has 282 valence electrons. The van der Waals surface area contributed by atoms with E-state index in [9.17, 15) is 0 Å². The van der Waals surface area contributed by atoms with E-state index in [1.54, 1.807) is 11.1 Å². The van der Waals surface area contributed by atoms with Crippen LogP contribution >= 0.6 is 17.0 Å². The van der Waals surface area contributed by atoms with E-state index in [-0.39, 0.29) is 0 Å². The molecule has 2 aliphatic rings. The van der Waals surface area contributed by atoms with E-state index in [0.717, 1.165) is 21.4 Å². The third-order valence-corrected chi connectivity index (χ3v) is 11.9. The van der Waals surface area contributed by atoms with E-state index in [4.69, 9.17) is 17.0 Å². The van der Waals surface area contributed by atoms with Crippen LogP contribution in [-0.2, 0) is 20.8 Å². The molecule has 0 saturated heterocycles. The summed E-state index contributed by atoms with van der Waals surface area (Å²) in [6, 6.07) is 54.1. The van der Waals surface area contributed by atoms with E-state index in [1.165, 1.54) is 130 Å². The summed E-state index contributed by atoms with van der Waals surface area (Å²) in [5.74, 6) is 1.53. The van der Waals surface area contributed by atoms with Gasteiger partial charge in [-0.05, 0) is 70.2 Å². The summed E-state index contributed by atoms with van der Waals surface area (Å²) in [6.07, 6.45) is 13.8. The molecule has 0 aromatic heterocycles. The first-order chi connectivity index (χ1) is 27.6. The topological polar surface area (TPSA) is 0 Å². The van der Waals surface area contributed by atoms with Crippen LogP contribution in [0.1, 0.15) is 87.2 Å². The first kappa shape index (κ1) is 40.9. The molecule has 10 rings (SSSR count). The van der Waals surface area contributed by atoms with Crippen LogP contribution in [-0.4, -0.2) is 9.52 Å². The minimum Gasteiger partial charge on any atom is -0.164 e. The van der Waals surface area contributed by atoms with Crippen molar-refractivity contribution in [2.45, 2.75) is 89.1 Å². The van der Waals surface area contributed by atoms with Gasteiger partial charge in [-0.3, -0.25) is 0 Å². The average Bonchev–Trinajstić information content (AvgIpc) is 3.91. The third-order valence-electron chi connectivity index (χ3n) is 11.9. The van der Waals surface area contributed by atoms with E-state index in [1.807, 2.05) is 0 Å². The van der Waals surface area contributed by atoms with E-state index in [2.05, 4.69) is 159 Å². The molecule has 0 unspecified atom stereocenters.